The number of halogens is 1. The Morgan fingerprint density at radius 2 is 1.70 bits per heavy atom. The third-order valence-electron chi connectivity index (χ3n) is 4.60. The van der Waals surface area contributed by atoms with Crippen LogP contribution in [0.5, 0.6) is 0 Å². The molecule has 0 aliphatic carbocycles. The maximum absolute atomic E-state index is 12.8. The van der Waals surface area contributed by atoms with E-state index in [4.69, 9.17) is 0 Å². The van der Waals surface area contributed by atoms with E-state index < -0.39 is 10.0 Å². The lowest BCUT2D eigenvalue weighted by Crippen LogP contribution is -2.46. The molecule has 3 rings (SSSR count). The Morgan fingerprint density at radius 3 is 2.35 bits per heavy atom. The summed E-state index contributed by atoms with van der Waals surface area (Å²) in [7, 11) is -3.53. The van der Waals surface area contributed by atoms with Crippen molar-refractivity contribution in [2.45, 2.75) is 30.6 Å². The Hall–Kier alpha value is -0.920. The van der Waals surface area contributed by atoms with E-state index in [1.54, 1.807) is 24.3 Å². The average Bonchev–Trinajstić information content (AvgIpc) is 3.09. The number of nitrogens with zero attached hydrogens (tertiary/aromatic N) is 2. The van der Waals surface area contributed by atoms with E-state index >= 15 is 0 Å². The van der Waals surface area contributed by atoms with Crippen molar-refractivity contribution in [1.29, 1.82) is 0 Å². The topological polar surface area (TPSA) is 57.7 Å². The fraction of sp³-hybridized carbons (Fsp3) is 0.562. The summed E-state index contributed by atoms with van der Waals surface area (Å²) >= 11 is 3.32. The van der Waals surface area contributed by atoms with Crippen LogP contribution in [0.1, 0.15) is 25.7 Å². The van der Waals surface area contributed by atoms with Crippen LogP contribution >= 0.6 is 15.9 Å². The minimum atomic E-state index is -3.53. The van der Waals surface area contributed by atoms with Gasteiger partial charge in [-0.05, 0) is 49.9 Å². The number of carbonyl (C=O) groups excluding carboxylic acids is 1. The number of hydrogen-bond donors (Lipinski definition) is 0. The molecule has 7 heteroatoms. The third-order valence-corrected chi connectivity index (χ3v) is 7.01. The van der Waals surface area contributed by atoms with Crippen LogP contribution in [0.2, 0.25) is 0 Å². The molecule has 0 spiro atoms. The molecule has 0 bridgehead atoms. The Morgan fingerprint density at radius 1 is 1.04 bits per heavy atom. The highest BCUT2D eigenvalue weighted by molar-refractivity contribution is 9.10. The summed E-state index contributed by atoms with van der Waals surface area (Å²) in [5.41, 5.74) is 0. The minimum Gasteiger partial charge on any atom is -0.342 e. The summed E-state index contributed by atoms with van der Waals surface area (Å²) in [4.78, 5) is 14.7. The molecule has 0 unspecified atom stereocenters. The molecule has 2 fully saturated rings. The number of amides is 1. The van der Waals surface area contributed by atoms with Crippen LogP contribution in [0.25, 0.3) is 0 Å². The highest BCUT2D eigenvalue weighted by atomic mass is 79.9. The summed E-state index contributed by atoms with van der Waals surface area (Å²) < 4.78 is 27.9. The molecule has 23 heavy (non-hydrogen) atoms. The maximum Gasteiger partial charge on any atom is 0.243 e. The predicted molar refractivity (Wildman–Crippen MR) is 91.4 cm³/mol. The molecule has 0 N–H and O–H groups in total. The molecule has 0 saturated carbocycles. The van der Waals surface area contributed by atoms with Crippen molar-refractivity contribution in [3.05, 3.63) is 28.7 Å². The van der Waals surface area contributed by atoms with Crippen molar-refractivity contribution in [1.82, 2.24) is 9.21 Å². The molecule has 1 amide bonds. The van der Waals surface area contributed by atoms with E-state index in [1.807, 2.05) is 4.90 Å². The van der Waals surface area contributed by atoms with E-state index in [9.17, 15) is 13.2 Å². The molecular weight excluding hydrogens is 380 g/mol. The predicted octanol–water partition coefficient (Wildman–Crippen LogP) is 2.47. The van der Waals surface area contributed by atoms with E-state index in [-0.39, 0.29) is 16.7 Å². The zero-order chi connectivity index (χ0) is 16.4. The molecule has 126 valence electrons. The Labute approximate surface area is 145 Å². The van der Waals surface area contributed by atoms with Gasteiger partial charge in [0, 0.05) is 30.7 Å². The van der Waals surface area contributed by atoms with Gasteiger partial charge in [0.1, 0.15) is 0 Å². The lowest BCUT2D eigenvalue weighted by molar-refractivity contribution is -0.135. The first kappa shape index (κ1) is 16.9. The van der Waals surface area contributed by atoms with Gasteiger partial charge in [0.05, 0.1) is 10.8 Å². The van der Waals surface area contributed by atoms with Crippen molar-refractivity contribution in [2.75, 3.05) is 26.2 Å². The lowest BCUT2D eigenvalue weighted by atomic mass is 9.98. The molecule has 1 atom stereocenters. The van der Waals surface area contributed by atoms with Crippen LogP contribution in [0, 0.1) is 5.92 Å². The summed E-state index contributed by atoms with van der Waals surface area (Å²) in [6.07, 6.45) is 3.63. The lowest BCUT2D eigenvalue weighted by Gasteiger charge is -2.33. The SMILES string of the molecule is O=C([C@@H]1CCCN(S(=O)(=O)c2ccc(Br)cc2)C1)N1CCCC1. The molecule has 0 radical (unpaired) electrons. The number of sulfonamides is 1. The van der Waals surface area contributed by atoms with Crippen LogP contribution in [0.15, 0.2) is 33.6 Å². The molecule has 2 heterocycles. The number of hydrogen-bond acceptors (Lipinski definition) is 3. The third kappa shape index (κ3) is 3.61. The standard InChI is InChI=1S/C16H21BrN2O3S/c17-14-5-7-15(8-6-14)23(21,22)19-11-3-4-13(12-19)16(20)18-9-1-2-10-18/h5-8,13H,1-4,9-12H2/t13-/m1/s1. The van der Waals surface area contributed by atoms with E-state index in [0.29, 0.717) is 13.1 Å². The van der Waals surface area contributed by atoms with Crippen LogP contribution in [-0.4, -0.2) is 49.7 Å². The van der Waals surface area contributed by atoms with Gasteiger partial charge in [-0.2, -0.15) is 4.31 Å². The van der Waals surface area contributed by atoms with Crippen LogP contribution < -0.4 is 0 Å². The average molecular weight is 401 g/mol. The zero-order valence-electron chi connectivity index (χ0n) is 12.9. The van der Waals surface area contributed by atoms with Gasteiger partial charge in [-0.1, -0.05) is 15.9 Å². The Balaban J connectivity index is 1.74. The van der Waals surface area contributed by atoms with Crippen molar-refractivity contribution in [3.63, 3.8) is 0 Å². The summed E-state index contributed by atoms with van der Waals surface area (Å²) in [6, 6.07) is 6.66. The highest BCUT2D eigenvalue weighted by Crippen LogP contribution is 2.26. The van der Waals surface area contributed by atoms with E-state index in [1.165, 1.54) is 4.31 Å². The first-order valence-corrected chi connectivity index (χ1v) is 10.3. The van der Waals surface area contributed by atoms with Gasteiger partial charge in [0.15, 0.2) is 0 Å². The second kappa shape index (κ2) is 6.91. The monoisotopic (exact) mass is 400 g/mol. The van der Waals surface area contributed by atoms with Crippen molar-refractivity contribution in [2.24, 2.45) is 5.92 Å². The molecule has 1 aromatic carbocycles. The second-order valence-corrected chi connectivity index (χ2v) is 9.04. The first-order chi connectivity index (χ1) is 11.0. The van der Waals surface area contributed by atoms with Gasteiger partial charge in [-0.25, -0.2) is 8.42 Å². The molecule has 0 aromatic heterocycles. The van der Waals surface area contributed by atoms with Gasteiger partial charge in [-0.3, -0.25) is 4.79 Å². The highest BCUT2D eigenvalue weighted by Gasteiger charge is 2.35. The maximum atomic E-state index is 12.8. The fourth-order valence-electron chi connectivity index (χ4n) is 3.31. The minimum absolute atomic E-state index is 0.123. The van der Waals surface area contributed by atoms with Crippen molar-refractivity contribution >= 4 is 31.9 Å². The zero-order valence-corrected chi connectivity index (χ0v) is 15.4. The second-order valence-electron chi connectivity index (χ2n) is 6.19. The Bertz CT molecular complexity index is 669. The fourth-order valence-corrected chi connectivity index (χ4v) is 5.10. The number of rotatable bonds is 3. The van der Waals surface area contributed by atoms with Crippen LogP contribution in [-0.2, 0) is 14.8 Å². The molecular formula is C16H21BrN2O3S. The summed E-state index contributed by atoms with van der Waals surface area (Å²) in [6.45, 7) is 2.42. The van der Waals surface area contributed by atoms with E-state index in [2.05, 4.69) is 15.9 Å². The van der Waals surface area contributed by atoms with Crippen molar-refractivity contribution < 1.29 is 13.2 Å². The van der Waals surface area contributed by atoms with Crippen LogP contribution in [0.3, 0.4) is 0 Å². The van der Waals surface area contributed by atoms with Gasteiger partial charge in [0.25, 0.3) is 0 Å². The molecule has 2 aliphatic heterocycles. The summed E-state index contributed by atoms with van der Waals surface area (Å²) in [5.74, 6) is -0.0784. The molecule has 2 aliphatic rings. The summed E-state index contributed by atoms with van der Waals surface area (Å²) in [5, 5.41) is 0. The van der Waals surface area contributed by atoms with Gasteiger partial charge >= 0.3 is 0 Å². The van der Waals surface area contributed by atoms with Crippen molar-refractivity contribution in [3.8, 4) is 0 Å². The molecule has 5 nitrogen and oxygen atoms in total. The first-order valence-electron chi connectivity index (χ1n) is 8.03. The number of piperidine rings is 1. The van der Waals surface area contributed by atoms with E-state index in [0.717, 1.165) is 43.2 Å². The number of carbonyl (C=O) groups is 1. The smallest absolute Gasteiger partial charge is 0.243 e. The van der Waals surface area contributed by atoms with Gasteiger partial charge < -0.3 is 4.90 Å². The number of likely N-dealkylation sites (tertiary alicyclic amines) is 1. The number of benzene rings is 1. The molecule has 2 saturated heterocycles. The molecule has 1 aromatic rings. The van der Waals surface area contributed by atoms with Gasteiger partial charge in [0.2, 0.25) is 15.9 Å². The van der Waals surface area contributed by atoms with Gasteiger partial charge in [-0.15, -0.1) is 0 Å². The Kier molecular flexibility index (Phi) is 5.08. The largest absolute Gasteiger partial charge is 0.342 e. The quantitative estimate of drug-likeness (QED) is 0.782. The van der Waals surface area contributed by atoms with Crippen LogP contribution in [0.4, 0.5) is 0 Å². The normalized spacial score (nSPS) is 23.2.